The lowest BCUT2D eigenvalue weighted by Gasteiger charge is -2.28. The number of hydrogen-bond acceptors (Lipinski definition) is 4. The van der Waals surface area contributed by atoms with Gasteiger partial charge >= 0.3 is 0 Å². The molecule has 0 aliphatic carbocycles. The zero-order chi connectivity index (χ0) is 18.7. The number of fused-ring (bicyclic) bond motifs is 1. The predicted molar refractivity (Wildman–Crippen MR) is 104 cm³/mol. The number of benzene rings is 2. The standard InChI is InChI=1S/C21H25N3O2/c1-21(2,14-24(3)4)13-22-20(25)16-10-11-18-17(12-16)19(26-23-18)15-8-6-5-7-9-15/h5-12H,13-14H2,1-4H3,(H,22,25). The Morgan fingerprint density at radius 1 is 1.15 bits per heavy atom. The van der Waals surface area contributed by atoms with E-state index in [2.05, 4.69) is 29.2 Å². The molecular weight excluding hydrogens is 326 g/mol. The average molecular weight is 351 g/mol. The summed E-state index contributed by atoms with van der Waals surface area (Å²) in [6.45, 7) is 5.79. The van der Waals surface area contributed by atoms with Crippen LogP contribution in [-0.2, 0) is 0 Å². The summed E-state index contributed by atoms with van der Waals surface area (Å²) in [7, 11) is 4.07. The molecule has 136 valence electrons. The van der Waals surface area contributed by atoms with Gasteiger partial charge in [-0.05, 0) is 37.7 Å². The molecule has 0 saturated carbocycles. The largest absolute Gasteiger partial charge is 0.355 e. The van der Waals surface area contributed by atoms with Gasteiger partial charge in [0.1, 0.15) is 5.52 Å². The molecule has 0 radical (unpaired) electrons. The smallest absolute Gasteiger partial charge is 0.251 e. The van der Waals surface area contributed by atoms with Gasteiger partial charge in [-0.2, -0.15) is 0 Å². The highest BCUT2D eigenvalue weighted by Crippen LogP contribution is 2.29. The zero-order valence-corrected chi connectivity index (χ0v) is 15.7. The molecule has 0 spiro atoms. The summed E-state index contributed by atoms with van der Waals surface area (Å²) < 4.78 is 5.51. The molecule has 26 heavy (non-hydrogen) atoms. The Morgan fingerprint density at radius 3 is 2.58 bits per heavy atom. The number of rotatable bonds is 6. The summed E-state index contributed by atoms with van der Waals surface area (Å²) in [5, 5.41) is 7.99. The number of nitrogens with zero attached hydrogens (tertiary/aromatic N) is 2. The van der Waals surface area contributed by atoms with E-state index < -0.39 is 0 Å². The Morgan fingerprint density at radius 2 is 1.88 bits per heavy atom. The number of carbonyl (C=O) groups is 1. The van der Waals surface area contributed by atoms with Crippen molar-refractivity contribution in [2.75, 3.05) is 27.2 Å². The lowest BCUT2D eigenvalue weighted by Crippen LogP contribution is -2.39. The van der Waals surface area contributed by atoms with Crippen LogP contribution < -0.4 is 5.32 Å². The van der Waals surface area contributed by atoms with Crippen LogP contribution >= 0.6 is 0 Å². The van der Waals surface area contributed by atoms with Gasteiger partial charge in [0, 0.05) is 24.2 Å². The molecule has 0 aliphatic rings. The molecule has 0 fully saturated rings. The first-order chi connectivity index (χ1) is 12.4. The molecule has 1 amide bonds. The van der Waals surface area contributed by atoms with Crippen molar-refractivity contribution in [2.45, 2.75) is 13.8 Å². The number of hydrogen-bond donors (Lipinski definition) is 1. The lowest BCUT2D eigenvalue weighted by atomic mass is 9.93. The molecule has 3 aromatic rings. The number of nitrogens with one attached hydrogen (secondary N) is 1. The Kier molecular flexibility index (Phi) is 5.09. The first kappa shape index (κ1) is 18.1. The fraction of sp³-hybridized carbons (Fsp3) is 0.333. The summed E-state index contributed by atoms with van der Waals surface area (Å²) in [4.78, 5) is 14.7. The number of carbonyl (C=O) groups excluding carboxylic acids is 1. The van der Waals surface area contributed by atoms with E-state index in [0.29, 0.717) is 17.9 Å². The van der Waals surface area contributed by atoms with Gasteiger partial charge in [0.25, 0.3) is 5.91 Å². The van der Waals surface area contributed by atoms with Crippen molar-refractivity contribution in [2.24, 2.45) is 5.41 Å². The number of amides is 1. The third-order valence-electron chi connectivity index (χ3n) is 4.25. The molecule has 1 N–H and O–H groups in total. The maximum Gasteiger partial charge on any atom is 0.251 e. The maximum atomic E-state index is 12.6. The minimum absolute atomic E-state index is 0.00431. The second-order valence-corrected chi connectivity index (χ2v) is 7.69. The minimum atomic E-state index is -0.0843. The van der Waals surface area contributed by atoms with Crippen LogP contribution in [0.2, 0.25) is 0 Å². The Bertz CT molecular complexity index is 898. The normalized spacial score (nSPS) is 11.9. The van der Waals surface area contributed by atoms with Crippen molar-refractivity contribution in [1.29, 1.82) is 0 Å². The molecule has 0 atom stereocenters. The first-order valence-electron chi connectivity index (χ1n) is 8.73. The monoisotopic (exact) mass is 351 g/mol. The van der Waals surface area contributed by atoms with Crippen LogP contribution in [0.5, 0.6) is 0 Å². The van der Waals surface area contributed by atoms with Crippen LogP contribution in [0.1, 0.15) is 24.2 Å². The zero-order valence-electron chi connectivity index (χ0n) is 15.7. The van der Waals surface area contributed by atoms with Gasteiger partial charge in [0.05, 0.1) is 5.39 Å². The maximum absolute atomic E-state index is 12.6. The molecule has 0 aliphatic heterocycles. The third-order valence-corrected chi connectivity index (χ3v) is 4.25. The molecule has 3 rings (SSSR count). The summed E-state index contributed by atoms with van der Waals surface area (Å²) >= 11 is 0. The first-order valence-corrected chi connectivity index (χ1v) is 8.73. The topological polar surface area (TPSA) is 58.4 Å². The average Bonchev–Trinajstić information content (AvgIpc) is 3.02. The molecule has 1 heterocycles. The van der Waals surface area contributed by atoms with Gasteiger partial charge in [-0.1, -0.05) is 49.3 Å². The van der Waals surface area contributed by atoms with Gasteiger partial charge in [0.2, 0.25) is 0 Å². The molecule has 0 bridgehead atoms. The Hall–Kier alpha value is -2.66. The van der Waals surface area contributed by atoms with Gasteiger partial charge in [0.15, 0.2) is 5.76 Å². The molecule has 5 nitrogen and oxygen atoms in total. The Balaban J connectivity index is 1.81. The number of aromatic nitrogens is 1. The lowest BCUT2D eigenvalue weighted by molar-refractivity contribution is 0.0929. The van der Waals surface area contributed by atoms with Crippen LogP contribution in [0, 0.1) is 5.41 Å². The van der Waals surface area contributed by atoms with E-state index in [9.17, 15) is 4.79 Å². The highest BCUT2D eigenvalue weighted by atomic mass is 16.5. The van der Waals surface area contributed by atoms with E-state index in [1.807, 2.05) is 56.6 Å². The van der Waals surface area contributed by atoms with E-state index in [0.717, 1.165) is 23.0 Å². The quantitative estimate of drug-likeness (QED) is 0.734. The van der Waals surface area contributed by atoms with E-state index in [-0.39, 0.29) is 11.3 Å². The van der Waals surface area contributed by atoms with Crippen LogP contribution in [0.4, 0.5) is 0 Å². The fourth-order valence-electron chi connectivity index (χ4n) is 3.21. The van der Waals surface area contributed by atoms with Gasteiger partial charge in [-0.3, -0.25) is 4.79 Å². The Labute approximate surface area is 154 Å². The van der Waals surface area contributed by atoms with Gasteiger partial charge in [-0.25, -0.2) is 0 Å². The highest BCUT2D eigenvalue weighted by Gasteiger charge is 2.21. The van der Waals surface area contributed by atoms with Crippen molar-refractivity contribution >= 4 is 16.8 Å². The molecule has 0 unspecified atom stereocenters. The molecular formula is C21H25N3O2. The van der Waals surface area contributed by atoms with E-state index in [1.165, 1.54) is 0 Å². The summed E-state index contributed by atoms with van der Waals surface area (Å²) in [5.41, 5.74) is 2.29. The molecule has 1 aromatic heterocycles. The van der Waals surface area contributed by atoms with Crippen molar-refractivity contribution < 1.29 is 9.32 Å². The van der Waals surface area contributed by atoms with Crippen LogP contribution in [-0.4, -0.2) is 43.1 Å². The second kappa shape index (κ2) is 7.30. The summed E-state index contributed by atoms with van der Waals surface area (Å²) in [5.74, 6) is 0.599. The van der Waals surface area contributed by atoms with Crippen molar-refractivity contribution in [3.8, 4) is 11.3 Å². The van der Waals surface area contributed by atoms with Crippen molar-refractivity contribution in [3.63, 3.8) is 0 Å². The van der Waals surface area contributed by atoms with Gasteiger partial charge in [-0.15, -0.1) is 0 Å². The van der Waals surface area contributed by atoms with E-state index >= 15 is 0 Å². The van der Waals surface area contributed by atoms with Crippen molar-refractivity contribution in [1.82, 2.24) is 15.4 Å². The SMILES string of the molecule is CN(C)CC(C)(C)CNC(=O)c1ccc2noc(-c3ccccc3)c2c1. The molecule has 5 heteroatoms. The highest BCUT2D eigenvalue weighted by molar-refractivity contribution is 6.00. The third kappa shape index (κ3) is 4.11. The van der Waals surface area contributed by atoms with Gasteiger partial charge < -0.3 is 14.7 Å². The second-order valence-electron chi connectivity index (χ2n) is 7.69. The summed E-state index contributed by atoms with van der Waals surface area (Å²) in [6.07, 6.45) is 0. The van der Waals surface area contributed by atoms with Crippen LogP contribution in [0.15, 0.2) is 53.1 Å². The van der Waals surface area contributed by atoms with E-state index in [4.69, 9.17) is 4.52 Å². The fourth-order valence-corrected chi connectivity index (χ4v) is 3.21. The molecule has 2 aromatic carbocycles. The van der Waals surface area contributed by atoms with Crippen LogP contribution in [0.3, 0.4) is 0 Å². The van der Waals surface area contributed by atoms with Crippen molar-refractivity contribution in [3.05, 3.63) is 54.1 Å². The molecule has 0 saturated heterocycles. The minimum Gasteiger partial charge on any atom is -0.355 e. The van der Waals surface area contributed by atoms with Crippen LogP contribution in [0.25, 0.3) is 22.2 Å². The summed E-state index contributed by atoms with van der Waals surface area (Å²) in [6, 6.07) is 15.3. The predicted octanol–water partition coefficient (Wildman–Crippen LogP) is 3.81. The van der Waals surface area contributed by atoms with E-state index in [1.54, 1.807) is 6.07 Å².